The number of aromatic nitrogens is 5. The minimum absolute atomic E-state index is 0.299. The molecule has 0 aliphatic carbocycles. The van der Waals surface area contributed by atoms with Gasteiger partial charge in [-0.25, -0.2) is 4.68 Å². The maximum absolute atomic E-state index is 12.4. The lowest BCUT2D eigenvalue weighted by atomic mass is 10.1. The molecule has 3 heterocycles. The minimum Gasteiger partial charge on any atom is -0.302 e. The summed E-state index contributed by atoms with van der Waals surface area (Å²) in [6.45, 7) is 1.06. The molecule has 1 amide bonds. The van der Waals surface area contributed by atoms with Crippen molar-refractivity contribution in [2.45, 2.75) is 18.9 Å². The quantitative estimate of drug-likeness (QED) is 0.760. The fourth-order valence-corrected chi connectivity index (χ4v) is 3.14. The zero-order chi connectivity index (χ0) is 17.2. The van der Waals surface area contributed by atoms with Gasteiger partial charge in [0, 0.05) is 0 Å². The van der Waals surface area contributed by atoms with E-state index in [-0.39, 0.29) is 5.91 Å². The molecule has 128 valence electrons. The van der Waals surface area contributed by atoms with Gasteiger partial charge in [0.15, 0.2) is 11.5 Å². The third-order valence-electron chi connectivity index (χ3n) is 4.47. The second-order valence-electron chi connectivity index (χ2n) is 6.19. The Morgan fingerprint density at radius 2 is 2.16 bits per heavy atom. The van der Waals surface area contributed by atoms with E-state index in [4.69, 9.17) is 0 Å². The van der Waals surface area contributed by atoms with Gasteiger partial charge in [0.1, 0.15) is 0 Å². The van der Waals surface area contributed by atoms with Gasteiger partial charge in [-0.3, -0.25) is 14.8 Å². The van der Waals surface area contributed by atoms with E-state index in [1.165, 1.54) is 0 Å². The summed E-state index contributed by atoms with van der Waals surface area (Å²) in [5, 5.41) is 17.9. The molecular weight excluding hydrogens is 318 g/mol. The van der Waals surface area contributed by atoms with E-state index in [1.54, 1.807) is 10.9 Å². The minimum atomic E-state index is -0.303. The zero-order valence-electron chi connectivity index (χ0n) is 13.9. The first-order valence-corrected chi connectivity index (χ1v) is 8.25. The Labute approximate surface area is 144 Å². The van der Waals surface area contributed by atoms with Crippen LogP contribution in [0.5, 0.6) is 0 Å². The summed E-state index contributed by atoms with van der Waals surface area (Å²) >= 11 is 0. The number of nitrogens with one attached hydrogen (secondary N) is 2. The lowest BCUT2D eigenvalue weighted by molar-refractivity contribution is 0.102. The molecule has 1 atom stereocenters. The van der Waals surface area contributed by atoms with Crippen LogP contribution in [-0.2, 0) is 0 Å². The van der Waals surface area contributed by atoms with Crippen LogP contribution >= 0.6 is 0 Å². The van der Waals surface area contributed by atoms with Crippen molar-refractivity contribution in [3.63, 3.8) is 0 Å². The first-order chi connectivity index (χ1) is 12.2. The third kappa shape index (κ3) is 3.16. The van der Waals surface area contributed by atoms with E-state index < -0.39 is 0 Å². The molecule has 0 bridgehead atoms. The number of aromatic amines is 1. The van der Waals surface area contributed by atoms with Gasteiger partial charge < -0.3 is 5.32 Å². The van der Waals surface area contributed by atoms with Crippen LogP contribution in [0.4, 0.5) is 5.82 Å². The average Bonchev–Trinajstić information content (AvgIpc) is 3.35. The van der Waals surface area contributed by atoms with E-state index >= 15 is 0 Å². The molecule has 1 saturated heterocycles. The molecule has 1 aromatic carbocycles. The van der Waals surface area contributed by atoms with E-state index in [0.29, 0.717) is 17.6 Å². The number of nitrogens with zero attached hydrogens (tertiary/aromatic N) is 5. The molecule has 1 aliphatic rings. The standard InChI is InChI=1S/C17H19N7O/c1-23-9-5-8-15(23)13-10-14(20-19-13)17(25)18-16-11-24(22-21-16)12-6-3-2-4-7-12/h2-4,6-7,10-11,15H,5,8-9H2,1H3,(H,18,25)(H,19,20). The molecule has 2 aromatic heterocycles. The molecule has 0 radical (unpaired) electrons. The maximum atomic E-state index is 12.4. The molecule has 1 aliphatic heterocycles. The van der Waals surface area contributed by atoms with E-state index in [9.17, 15) is 4.79 Å². The second kappa shape index (κ2) is 6.48. The molecule has 4 rings (SSSR count). The predicted octanol–water partition coefficient (Wildman–Crippen LogP) is 2.01. The van der Waals surface area contributed by atoms with Gasteiger partial charge in [0.2, 0.25) is 0 Å². The highest BCUT2D eigenvalue weighted by atomic mass is 16.2. The second-order valence-corrected chi connectivity index (χ2v) is 6.19. The molecule has 1 fully saturated rings. The largest absolute Gasteiger partial charge is 0.302 e. The molecule has 2 N–H and O–H groups in total. The molecule has 3 aromatic rings. The molecule has 8 heteroatoms. The van der Waals surface area contributed by atoms with Crippen molar-refractivity contribution in [2.75, 3.05) is 18.9 Å². The predicted molar refractivity (Wildman–Crippen MR) is 92.5 cm³/mol. The van der Waals surface area contributed by atoms with Gasteiger partial charge in [-0.05, 0) is 44.6 Å². The highest BCUT2D eigenvalue weighted by Gasteiger charge is 2.25. The third-order valence-corrected chi connectivity index (χ3v) is 4.47. The Hall–Kier alpha value is -3.00. The summed E-state index contributed by atoms with van der Waals surface area (Å²) in [6.07, 6.45) is 3.90. The summed E-state index contributed by atoms with van der Waals surface area (Å²) < 4.78 is 1.61. The molecule has 25 heavy (non-hydrogen) atoms. The van der Waals surface area contributed by atoms with Gasteiger partial charge in [-0.1, -0.05) is 23.4 Å². The fraction of sp³-hybridized carbons (Fsp3) is 0.294. The molecule has 0 saturated carbocycles. The number of rotatable bonds is 4. The highest BCUT2D eigenvalue weighted by molar-refractivity contribution is 6.02. The summed E-state index contributed by atoms with van der Waals surface area (Å²) in [5.74, 6) is 0.0830. The van der Waals surface area contributed by atoms with Crippen molar-refractivity contribution in [3.8, 4) is 5.69 Å². The number of likely N-dealkylation sites (tertiary alicyclic amines) is 1. The van der Waals surface area contributed by atoms with Crippen LogP contribution in [0.2, 0.25) is 0 Å². The summed E-state index contributed by atoms with van der Waals surface area (Å²) in [4.78, 5) is 14.6. The summed E-state index contributed by atoms with van der Waals surface area (Å²) in [5.41, 5.74) is 2.20. The number of hydrogen-bond acceptors (Lipinski definition) is 5. The van der Waals surface area contributed by atoms with Crippen LogP contribution in [-0.4, -0.2) is 49.6 Å². The topological polar surface area (TPSA) is 91.7 Å². The first kappa shape index (κ1) is 15.5. The van der Waals surface area contributed by atoms with Crippen molar-refractivity contribution >= 4 is 11.7 Å². The van der Waals surface area contributed by atoms with E-state index in [1.807, 2.05) is 36.4 Å². The molecule has 8 nitrogen and oxygen atoms in total. The Kier molecular flexibility index (Phi) is 4.02. The van der Waals surface area contributed by atoms with Crippen molar-refractivity contribution in [3.05, 3.63) is 54.0 Å². The van der Waals surface area contributed by atoms with Crippen LogP contribution in [0.3, 0.4) is 0 Å². The number of amides is 1. The maximum Gasteiger partial charge on any atom is 0.277 e. The van der Waals surface area contributed by atoms with Crippen LogP contribution in [0.25, 0.3) is 5.69 Å². The number of para-hydroxylation sites is 1. The van der Waals surface area contributed by atoms with Crippen molar-refractivity contribution < 1.29 is 4.79 Å². The van der Waals surface area contributed by atoms with E-state index in [2.05, 4.69) is 37.8 Å². The van der Waals surface area contributed by atoms with Crippen molar-refractivity contribution in [1.29, 1.82) is 0 Å². The summed E-state index contributed by atoms with van der Waals surface area (Å²) in [6, 6.07) is 11.7. The Morgan fingerprint density at radius 1 is 1.32 bits per heavy atom. The van der Waals surface area contributed by atoms with Crippen molar-refractivity contribution in [1.82, 2.24) is 30.1 Å². The summed E-state index contributed by atoms with van der Waals surface area (Å²) in [7, 11) is 2.08. The highest BCUT2D eigenvalue weighted by Crippen LogP contribution is 2.29. The van der Waals surface area contributed by atoms with Gasteiger partial charge in [0.25, 0.3) is 5.91 Å². The van der Waals surface area contributed by atoms with Gasteiger partial charge in [0.05, 0.1) is 23.6 Å². The average molecular weight is 337 g/mol. The van der Waals surface area contributed by atoms with Gasteiger partial charge in [-0.2, -0.15) is 5.10 Å². The van der Waals surface area contributed by atoms with Crippen LogP contribution in [0.15, 0.2) is 42.6 Å². The van der Waals surface area contributed by atoms with Gasteiger partial charge in [-0.15, -0.1) is 5.10 Å². The zero-order valence-corrected chi connectivity index (χ0v) is 13.9. The number of benzene rings is 1. The van der Waals surface area contributed by atoms with Crippen molar-refractivity contribution in [2.24, 2.45) is 0 Å². The monoisotopic (exact) mass is 337 g/mol. The van der Waals surface area contributed by atoms with E-state index in [0.717, 1.165) is 30.8 Å². The lowest BCUT2D eigenvalue weighted by Gasteiger charge is -2.16. The number of anilines is 1. The molecule has 1 unspecified atom stereocenters. The number of hydrogen-bond donors (Lipinski definition) is 2. The van der Waals surface area contributed by atoms with Crippen LogP contribution in [0, 0.1) is 0 Å². The molecule has 0 spiro atoms. The molecular formula is C17H19N7O. The number of carbonyl (C=O) groups excluding carboxylic acids is 1. The van der Waals surface area contributed by atoms with Crippen LogP contribution < -0.4 is 5.32 Å². The van der Waals surface area contributed by atoms with Crippen LogP contribution in [0.1, 0.15) is 35.1 Å². The normalized spacial score (nSPS) is 17.7. The SMILES string of the molecule is CN1CCCC1c1cc(C(=O)Nc2cn(-c3ccccc3)nn2)n[nH]1. The fourth-order valence-electron chi connectivity index (χ4n) is 3.14. The Bertz CT molecular complexity index is 870. The number of carbonyl (C=O) groups is 1. The Morgan fingerprint density at radius 3 is 2.92 bits per heavy atom. The lowest BCUT2D eigenvalue weighted by Crippen LogP contribution is -2.17. The smallest absolute Gasteiger partial charge is 0.277 e. The Balaban J connectivity index is 1.46. The number of H-pyrrole nitrogens is 1. The first-order valence-electron chi connectivity index (χ1n) is 8.25. The van der Waals surface area contributed by atoms with Gasteiger partial charge >= 0.3 is 0 Å².